The van der Waals surface area contributed by atoms with Gasteiger partial charge >= 0.3 is 0 Å². The van der Waals surface area contributed by atoms with E-state index >= 15 is 0 Å². The van der Waals surface area contributed by atoms with Crippen LogP contribution in [0.4, 0.5) is 0 Å². The molecule has 0 aliphatic rings. The fourth-order valence-electron chi connectivity index (χ4n) is 2.53. The second-order valence-electron chi connectivity index (χ2n) is 6.12. The number of sulfone groups is 1. The molecule has 1 aromatic carbocycles. The van der Waals surface area contributed by atoms with Gasteiger partial charge < -0.3 is 9.32 Å². The Bertz CT molecular complexity index is 1100. The lowest BCUT2D eigenvalue weighted by atomic mass is 10.2. The van der Waals surface area contributed by atoms with Gasteiger partial charge in [0.05, 0.1) is 29.8 Å². The first-order valence-corrected chi connectivity index (χ1v) is 11.0. The molecule has 2 heterocycles. The van der Waals surface area contributed by atoms with Crippen molar-refractivity contribution >= 4 is 38.9 Å². The normalized spacial score (nSPS) is 11.4. The molecule has 0 fully saturated rings. The van der Waals surface area contributed by atoms with Crippen LogP contribution in [-0.4, -0.2) is 34.9 Å². The highest BCUT2D eigenvalue weighted by Crippen LogP contribution is 2.21. The number of hydrogen-bond acceptors (Lipinski definition) is 6. The molecule has 0 spiro atoms. The molecule has 0 saturated heterocycles. The largest absolute Gasteiger partial charge is 0.467 e. The lowest BCUT2D eigenvalue weighted by Crippen LogP contribution is -2.31. The highest BCUT2D eigenvalue weighted by Gasteiger charge is 2.25. The SMILES string of the molecule is CCS(=O)(=O)c1ncc(Cl)c(C(=O)N(Cc2ccc(Cl)cc2)Cc2ccco2)n1. The Morgan fingerprint density at radius 3 is 2.48 bits per heavy atom. The van der Waals surface area contributed by atoms with Crippen molar-refractivity contribution in [3.8, 4) is 0 Å². The van der Waals surface area contributed by atoms with Gasteiger partial charge in [0.15, 0.2) is 5.69 Å². The van der Waals surface area contributed by atoms with E-state index in [1.807, 2.05) is 0 Å². The Hall–Kier alpha value is -2.42. The van der Waals surface area contributed by atoms with E-state index in [1.54, 1.807) is 36.4 Å². The third-order valence-electron chi connectivity index (χ3n) is 4.08. The van der Waals surface area contributed by atoms with Crippen LogP contribution in [0.15, 0.2) is 58.4 Å². The zero-order chi connectivity index (χ0) is 21.0. The molecule has 0 saturated carbocycles. The van der Waals surface area contributed by atoms with Gasteiger partial charge in [-0.3, -0.25) is 4.79 Å². The number of carbonyl (C=O) groups excluding carboxylic acids is 1. The van der Waals surface area contributed by atoms with Crippen molar-refractivity contribution in [3.63, 3.8) is 0 Å². The Morgan fingerprint density at radius 1 is 1.14 bits per heavy atom. The summed E-state index contributed by atoms with van der Waals surface area (Å²) in [5, 5.41) is 0.105. The minimum absolute atomic E-state index is 0.0365. The van der Waals surface area contributed by atoms with E-state index in [2.05, 4.69) is 9.97 Å². The summed E-state index contributed by atoms with van der Waals surface area (Å²) in [7, 11) is -3.70. The number of rotatable bonds is 7. The van der Waals surface area contributed by atoms with Gasteiger partial charge in [-0.1, -0.05) is 42.3 Å². The second-order valence-corrected chi connectivity index (χ2v) is 9.14. The fourth-order valence-corrected chi connectivity index (χ4v) is 3.53. The molecule has 0 radical (unpaired) electrons. The third-order valence-corrected chi connectivity index (χ3v) is 6.13. The molecule has 0 N–H and O–H groups in total. The minimum atomic E-state index is -3.70. The van der Waals surface area contributed by atoms with E-state index in [1.165, 1.54) is 18.1 Å². The number of nitrogens with zero attached hydrogens (tertiary/aromatic N) is 3. The maximum atomic E-state index is 13.2. The molecule has 3 rings (SSSR count). The van der Waals surface area contributed by atoms with E-state index in [9.17, 15) is 13.2 Å². The number of benzene rings is 1. The fraction of sp³-hybridized carbons (Fsp3) is 0.211. The maximum absolute atomic E-state index is 13.2. The van der Waals surface area contributed by atoms with Crippen LogP contribution in [0.25, 0.3) is 0 Å². The Balaban J connectivity index is 1.97. The molecule has 1 amide bonds. The average molecular weight is 454 g/mol. The molecular weight excluding hydrogens is 437 g/mol. The first-order chi connectivity index (χ1) is 13.8. The van der Waals surface area contributed by atoms with Crippen LogP contribution in [0.3, 0.4) is 0 Å². The molecule has 152 valence electrons. The molecule has 0 atom stereocenters. The molecule has 0 unspecified atom stereocenters. The van der Waals surface area contributed by atoms with Crippen molar-refractivity contribution in [3.05, 3.63) is 75.9 Å². The number of hydrogen-bond donors (Lipinski definition) is 0. The van der Waals surface area contributed by atoms with Crippen molar-refractivity contribution in [1.29, 1.82) is 0 Å². The standard InChI is InChI=1S/C19H17Cl2N3O4S/c1-2-29(26,27)19-22-10-16(21)17(23-19)18(25)24(12-15-4-3-9-28-15)11-13-5-7-14(20)8-6-13/h3-10H,2,11-12H2,1H3. The molecule has 3 aromatic rings. The molecule has 0 aliphatic heterocycles. The summed E-state index contributed by atoms with van der Waals surface area (Å²) in [6.07, 6.45) is 2.63. The smallest absolute Gasteiger partial charge is 0.274 e. The van der Waals surface area contributed by atoms with Gasteiger partial charge in [-0.2, -0.15) is 0 Å². The predicted octanol–water partition coefficient (Wildman–Crippen LogP) is 4.01. The average Bonchev–Trinajstić information content (AvgIpc) is 3.22. The molecule has 7 nitrogen and oxygen atoms in total. The quantitative estimate of drug-likeness (QED) is 0.501. The molecule has 2 aromatic heterocycles. The van der Waals surface area contributed by atoms with Gasteiger partial charge in [-0.15, -0.1) is 0 Å². The number of carbonyl (C=O) groups is 1. The summed E-state index contributed by atoms with van der Waals surface area (Å²) in [5.74, 6) is -0.182. The first-order valence-electron chi connectivity index (χ1n) is 8.61. The number of halogens is 2. The molecule has 29 heavy (non-hydrogen) atoms. The number of amides is 1. The van der Waals surface area contributed by atoms with Crippen molar-refractivity contribution in [2.45, 2.75) is 25.2 Å². The van der Waals surface area contributed by atoms with Gasteiger partial charge in [0.25, 0.3) is 5.91 Å². The summed E-state index contributed by atoms with van der Waals surface area (Å²) in [4.78, 5) is 22.4. The zero-order valence-electron chi connectivity index (χ0n) is 15.4. The summed E-state index contributed by atoms with van der Waals surface area (Å²) in [6.45, 7) is 1.83. The van der Waals surface area contributed by atoms with E-state index in [4.69, 9.17) is 27.6 Å². The lowest BCUT2D eigenvalue weighted by Gasteiger charge is -2.22. The van der Waals surface area contributed by atoms with Gasteiger partial charge in [-0.05, 0) is 29.8 Å². The van der Waals surface area contributed by atoms with E-state index < -0.39 is 20.9 Å². The van der Waals surface area contributed by atoms with Crippen molar-refractivity contribution < 1.29 is 17.6 Å². The van der Waals surface area contributed by atoms with Crippen molar-refractivity contribution in [2.75, 3.05) is 5.75 Å². The van der Waals surface area contributed by atoms with Crippen molar-refractivity contribution in [2.24, 2.45) is 0 Å². The zero-order valence-corrected chi connectivity index (χ0v) is 17.7. The van der Waals surface area contributed by atoms with Crippen LogP contribution in [0.2, 0.25) is 10.0 Å². The van der Waals surface area contributed by atoms with Crippen LogP contribution in [0.5, 0.6) is 0 Å². The third kappa shape index (κ3) is 5.14. The maximum Gasteiger partial charge on any atom is 0.274 e. The predicted molar refractivity (Wildman–Crippen MR) is 109 cm³/mol. The second kappa shape index (κ2) is 8.94. The Kier molecular flexibility index (Phi) is 6.56. The van der Waals surface area contributed by atoms with Crippen molar-refractivity contribution in [1.82, 2.24) is 14.9 Å². The summed E-state index contributed by atoms with van der Waals surface area (Å²) in [5.41, 5.74) is 0.634. The van der Waals surface area contributed by atoms with Gasteiger partial charge in [0.2, 0.25) is 15.0 Å². The minimum Gasteiger partial charge on any atom is -0.467 e. The number of furan rings is 1. The molecule has 10 heteroatoms. The summed E-state index contributed by atoms with van der Waals surface area (Å²) in [6, 6.07) is 10.5. The van der Waals surface area contributed by atoms with Crippen LogP contribution in [0, 0.1) is 0 Å². The molecule has 0 aliphatic carbocycles. The van der Waals surface area contributed by atoms with Gasteiger partial charge in [0.1, 0.15) is 5.76 Å². The van der Waals surface area contributed by atoms with Crippen LogP contribution in [0.1, 0.15) is 28.7 Å². The number of aromatic nitrogens is 2. The monoisotopic (exact) mass is 453 g/mol. The van der Waals surface area contributed by atoms with E-state index in [0.717, 1.165) is 11.8 Å². The van der Waals surface area contributed by atoms with E-state index in [0.29, 0.717) is 10.8 Å². The Morgan fingerprint density at radius 2 is 1.86 bits per heavy atom. The van der Waals surface area contributed by atoms with Gasteiger partial charge in [0, 0.05) is 11.6 Å². The highest BCUT2D eigenvalue weighted by molar-refractivity contribution is 7.91. The highest BCUT2D eigenvalue weighted by atomic mass is 35.5. The molecule has 0 bridgehead atoms. The summed E-state index contributed by atoms with van der Waals surface area (Å²) < 4.78 is 29.6. The lowest BCUT2D eigenvalue weighted by molar-refractivity contribution is 0.0710. The van der Waals surface area contributed by atoms with E-state index in [-0.39, 0.29) is 29.6 Å². The summed E-state index contributed by atoms with van der Waals surface area (Å²) >= 11 is 12.1. The van der Waals surface area contributed by atoms with Crippen LogP contribution >= 0.6 is 23.2 Å². The van der Waals surface area contributed by atoms with Crippen LogP contribution in [-0.2, 0) is 22.9 Å². The van der Waals surface area contributed by atoms with Gasteiger partial charge in [-0.25, -0.2) is 18.4 Å². The topological polar surface area (TPSA) is 93.4 Å². The van der Waals surface area contributed by atoms with Crippen LogP contribution < -0.4 is 0 Å². The Labute approximate surface area is 178 Å². The first kappa shape index (κ1) is 21.3. The molecular formula is C19H17Cl2N3O4S.